The number of rotatable bonds is 5. The van der Waals surface area contributed by atoms with Gasteiger partial charge in [-0.05, 0) is 32.0 Å². The number of hydrogen-bond acceptors (Lipinski definition) is 5. The molecule has 0 spiro atoms. The van der Waals surface area contributed by atoms with Gasteiger partial charge in [0.25, 0.3) is 5.91 Å². The van der Waals surface area contributed by atoms with Crippen molar-refractivity contribution in [2.24, 2.45) is 0 Å². The number of piperazine rings is 1. The highest BCUT2D eigenvalue weighted by molar-refractivity contribution is 5.92. The number of anilines is 1. The van der Waals surface area contributed by atoms with E-state index in [1.165, 1.54) is 0 Å². The summed E-state index contributed by atoms with van der Waals surface area (Å²) >= 11 is 0. The van der Waals surface area contributed by atoms with E-state index in [-0.39, 0.29) is 5.91 Å². The molecule has 1 N–H and O–H groups in total. The first-order valence-corrected chi connectivity index (χ1v) is 7.76. The molecule has 6 nitrogen and oxygen atoms in total. The van der Waals surface area contributed by atoms with Gasteiger partial charge in [-0.25, -0.2) is 0 Å². The largest absolute Gasteiger partial charge is 0.366 e. The Morgan fingerprint density at radius 1 is 1.24 bits per heavy atom. The molecular weight excluding hydrogens is 266 g/mol. The maximum atomic E-state index is 12.4. The smallest absolute Gasteiger partial charge is 0.274 e. The summed E-state index contributed by atoms with van der Waals surface area (Å²) in [5, 5.41) is 11.4. The van der Waals surface area contributed by atoms with Crippen molar-refractivity contribution in [2.45, 2.75) is 33.2 Å². The molecule has 1 atom stereocenters. The summed E-state index contributed by atoms with van der Waals surface area (Å²) in [7, 11) is 0. The van der Waals surface area contributed by atoms with Gasteiger partial charge < -0.3 is 15.1 Å². The monoisotopic (exact) mass is 291 g/mol. The summed E-state index contributed by atoms with van der Waals surface area (Å²) < 4.78 is 0. The molecule has 1 aromatic rings. The van der Waals surface area contributed by atoms with E-state index in [1.807, 2.05) is 11.0 Å². The van der Waals surface area contributed by atoms with Crippen LogP contribution in [0.2, 0.25) is 0 Å². The number of carbonyl (C=O) groups is 1. The van der Waals surface area contributed by atoms with Gasteiger partial charge in [0.15, 0.2) is 5.69 Å². The Kier molecular flexibility index (Phi) is 5.50. The third kappa shape index (κ3) is 4.14. The molecule has 1 amide bonds. The van der Waals surface area contributed by atoms with E-state index in [0.717, 1.165) is 45.0 Å². The van der Waals surface area contributed by atoms with Crippen molar-refractivity contribution in [3.63, 3.8) is 0 Å². The Morgan fingerprint density at radius 2 is 1.95 bits per heavy atom. The number of nitrogens with one attached hydrogen (secondary N) is 1. The van der Waals surface area contributed by atoms with Crippen LogP contribution < -0.4 is 5.32 Å². The van der Waals surface area contributed by atoms with E-state index in [4.69, 9.17) is 0 Å². The second-order valence-electron chi connectivity index (χ2n) is 5.48. The SMILES string of the molecule is CCC(C)Nc1ccc(C(=O)N2CCN(CC)CC2)nn1. The zero-order chi connectivity index (χ0) is 15.2. The van der Waals surface area contributed by atoms with Crippen LogP contribution in [0.4, 0.5) is 5.82 Å². The standard InChI is InChI=1S/C15H25N5O/c1-4-12(3)16-14-7-6-13(17-18-14)15(21)20-10-8-19(5-2)9-11-20/h6-7,12H,4-5,8-11H2,1-3H3,(H,16,18). The van der Waals surface area contributed by atoms with E-state index < -0.39 is 0 Å². The number of aromatic nitrogens is 2. The maximum Gasteiger partial charge on any atom is 0.274 e. The number of nitrogens with zero attached hydrogens (tertiary/aromatic N) is 4. The van der Waals surface area contributed by atoms with Crippen molar-refractivity contribution in [2.75, 3.05) is 38.0 Å². The van der Waals surface area contributed by atoms with Gasteiger partial charge in [0.2, 0.25) is 0 Å². The van der Waals surface area contributed by atoms with E-state index in [0.29, 0.717) is 11.7 Å². The third-order valence-electron chi connectivity index (χ3n) is 4.00. The van der Waals surface area contributed by atoms with Crippen molar-refractivity contribution in [1.29, 1.82) is 0 Å². The zero-order valence-corrected chi connectivity index (χ0v) is 13.2. The summed E-state index contributed by atoms with van der Waals surface area (Å²) in [6.45, 7) is 10.8. The van der Waals surface area contributed by atoms with Crippen LogP contribution in [0.3, 0.4) is 0 Å². The predicted octanol–water partition coefficient (Wildman–Crippen LogP) is 1.46. The Hall–Kier alpha value is -1.69. The average Bonchev–Trinajstić information content (AvgIpc) is 2.55. The van der Waals surface area contributed by atoms with Crippen LogP contribution in [0.25, 0.3) is 0 Å². The molecule has 6 heteroatoms. The highest BCUT2D eigenvalue weighted by Crippen LogP contribution is 2.09. The van der Waals surface area contributed by atoms with Gasteiger partial charge in [-0.15, -0.1) is 10.2 Å². The fourth-order valence-corrected chi connectivity index (χ4v) is 2.31. The van der Waals surface area contributed by atoms with Gasteiger partial charge in [-0.2, -0.15) is 0 Å². The lowest BCUT2D eigenvalue weighted by atomic mass is 10.2. The topological polar surface area (TPSA) is 61.4 Å². The van der Waals surface area contributed by atoms with Gasteiger partial charge in [0.05, 0.1) is 0 Å². The summed E-state index contributed by atoms with van der Waals surface area (Å²) in [6, 6.07) is 3.93. The minimum atomic E-state index is -0.0201. The second kappa shape index (κ2) is 7.36. The molecule has 0 aliphatic carbocycles. The highest BCUT2D eigenvalue weighted by atomic mass is 16.2. The zero-order valence-electron chi connectivity index (χ0n) is 13.2. The van der Waals surface area contributed by atoms with E-state index in [2.05, 4.69) is 41.2 Å². The van der Waals surface area contributed by atoms with Gasteiger partial charge >= 0.3 is 0 Å². The first-order valence-electron chi connectivity index (χ1n) is 7.76. The Balaban J connectivity index is 1.94. The molecule has 1 aliphatic heterocycles. The summed E-state index contributed by atoms with van der Waals surface area (Å²) in [5.74, 6) is 0.699. The Labute approximate surface area is 126 Å². The molecule has 2 rings (SSSR count). The molecule has 0 saturated carbocycles. The molecule has 0 radical (unpaired) electrons. The quantitative estimate of drug-likeness (QED) is 0.890. The van der Waals surface area contributed by atoms with Crippen molar-refractivity contribution in [3.05, 3.63) is 17.8 Å². The predicted molar refractivity (Wildman–Crippen MR) is 83.4 cm³/mol. The van der Waals surface area contributed by atoms with Gasteiger partial charge in [0, 0.05) is 32.2 Å². The van der Waals surface area contributed by atoms with Crippen LogP contribution in [0.15, 0.2) is 12.1 Å². The second-order valence-corrected chi connectivity index (χ2v) is 5.48. The van der Waals surface area contributed by atoms with Crippen molar-refractivity contribution >= 4 is 11.7 Å². The van der Waals surface area contributed by atoms with Gasteiger partial charge in [-0.3, -0.25) is 4.79 Å². The van der Waals surface area contributed by atoms with Crippen LogP contribution in [0.1, 0.15) is 37.7 Å². The molecule has 116 valence electrons. The molecule has 1 aromatic heterocycles. The highest BCUT2D eigenvalue weighted by Gasteiger charge is 2.22. The van der Waals surface area contributed by atoms with Gasteiger partial charge in [0.1, 0.15) is 5.82 Å². The van der Waals surface area contributed by atoms with Crippen LogP contribution in [0.5, 0.6) is 0 Å². The summed E-state index contributed by atoms with van der Waals surface area (Å²) in [4.78, 5) is 16.6. The Morgan fingerprint density at radius 3 is 2.48 bits per heavy atom. The number of hydrogen-bond donors (Lipinski definition) is 1. The van der Waals surface area contributed by atoms with E-state index in [9.17, 15) is 4.79 Å². The molecule has 0 bridgehead atoms. The van der Waals surface area contributed by atoms with Crippen molar-refractivity contribution in [1.82, 2.24) is 20.0 Å². The molecule has 21 heavy (non-hydrogen) atoms. The molecule has 1 saturated heterocycles. The number of amides is 1. The van der Waals surface area contributed by atoms with Crippen molar-refractivity contribution < 1.29 is 4.79 Å². The number of carbonyl (C=O) groups excluding carboxylic acids is 1. The van der Waals surface area contributed by atoms with Gasteiger partial charge in [-0.1, -0.05) is 13.8 Å². The lowest BCUT2D eigenvalue weighted by Crippen LogP contribution is -2.48. The third-order valence-corrected chi connectivity index (χ3v) is 4.00. The first-order chi connectivity index (χ1) is 10.1. The molecule has 1 fully saturated rings. The first kappa shape index (κ1) is 15.7. The normalized spacial score (nSPS) is 17.6. The Bertz CT molecular complexity index is 454. The summed E-state index contributed by atoms with van der Waals surface area (Å²) in [5.41, 5.74) is 0.426. The molecule has 0 aromatic carbocycles. The van der Waals surface area contributed by atoms with Crippen LogP contribution >= 0.6 is 0 Å². The van der Waals surface area contributed by atoms with Crippen molar-refractivity contribution in [3.8, 4) is 0 Å². The van der Waals surface area contributed by atoms with Crippen LogP contribution in [-0.2, 0) is 0 Å². The fraction of sp³-hybridized carbons (Fsp3) is 0.667. The minimum Gasteiger partial charge on any atom is -0.366 e. The average molecular weight is 291 g/mol. The maximum absolute atomic E-state index is 12.4. The minimum absolute atomic E-state index is 0.0201. The molecule has 1 unspecified atom stereocenters. The van der Waals surface area contributed by atoms with Crippen LogP contribution in [0, 0.1) is 0 Å². The van der Waals surface area contributed by atoms with E-state index >= 15 is 0 Å². The lowest BCUT2D eigenvalue weighted by Gasteiger charge is -2.33. The molecular formula is C15H25N5O. The fourth-order valence-electron chi connectivity index (χ4n) is 2.31. The van der Waals surface area contributed by atoms with E-state index in [1.54, 1.807) is 6.07 Å². The molecule has 2 heterocycles. The lowest BCUT2D eigenvalue weighted by molar-refractivity contribution is 0.0636. The summed E-state index contributed by atoms with van der Waals surface area (Å²) in [6.07, 6.45) is 1.02. The molecule has 1 aliphatic rings. The number of likely N-dealkylation sites (N-methyl/N-ethyl adjacent to an activating group) is 1. The van der Waals surface area contributed by atoms with Crippen LogP contribution in [-0.4, -0.2) is 64.7 Å².